The molecule has 3 rings (SSSR count). The molecule has 0 aromatic heterocycles. The van der Waals surface area contributed by atoms with Crippen LogP contribution >= 0.6 is 0 Å². The highest BCUT2D eigenvalue weighted by Crippen LogP contribution is 2.27. The molecule has 138 valence electrons. The summed E-state index contributed by atoms with van der Waals surface area (Å²) < 4.78 is 32.3. The van der Waals surface area contributed by atoms with E-state index in [1.54, 1.807) is 12.1 Å². The number of guanidine groups is 1. The molecule has 26 heavy (non-hydrogen) atoms. The van der Waals surface area contributed by atoms with Crippen molar-refractivity contribution in [1.82, 2.24) is 4.90 Å². The van der Waals surface area contributed by atoms with E-state index in [0.29, 0.717) is 32.2 Å². The Morgan fingerprint density at radius 1 is 1.19 bits per heavy atom. The minimum atomic E-state index is -2.83. The lowest BCUT2D eigenvalue weighted by Crippen LogP contribution is -2.46. The number of nitrogens with zero attached hydrogens (tertiary/aromatic N) is 2. The minimum Gasteiger partial charge on any atom is -0.370 e. The summed E-state index contributed by atoms with van der Waals surface area (Å²) in [5.41, 5.74) is 8.09. The zero-order valence-corrected chi connectivity index (χ0v) is 14.7. The smallest absolute Gasteiger partial charge is 0.270 e. The van der Waals surface area contributed by atoms with Gasteiger partial charge in [-0.3, -0.25) is 0 Å². The van der Waals surface area contributed by atoms with Crippen molar-refractivity contribution in [2.75, 3.05) is 19.7 Å². The maximum Gasteiger partial charge on any atom is 0.270 e. The normalized spacial score (nSPS) is 18.8. The Bertz CT molecular complexity index is 742. The molecule has 1 aliphatic heterocycles. The molecule has 0 aliphatic carbocycles. The van der Waals surface area contributed by atoms with Crippen molar-refractivity contribution in [3.8, 4) is 0 Å². The summed E-state index contributed by atoms with van der Waals surface area (Å²) in [6.45, 7) is 3.14. The largest absolute Gasteiger partial charge is 0.370 e. The average molecular weight is 359 g/mol. The number of morpholine rings is 1. The molecule has 2 N–H and O–H groups in total. The fourth-order valence-corrected chi connectivity index (χ4v) is 2.90. The van der Waals surface area contributed by atoms with Gasteiger partial charge in [0.25, 0.3) is 5.92 Å². The third-order valence-corrected chi connectivity index (χ3v) is 4.45. The standard InChI is InChI=1S/C20H23F2N3O/c1-20(21,22)17-9-7-15(8-10-17)13-24-19(23)25-11-12-26-18(14-25)16-5-3-2-4-6-16/h2-10,18H,11-14H2,1H3,(H2,23,24). The molecule has 1 unspecified atom stereocenters. The van der Waals surface area contributed by atoms with E-state index in [4.69, 9.17) is 10.5 Å². The number of ether oxygens (including phenoxy) is 1. The van der Waals surface area contributed by atoms with Crippen LogP contribution in [0.5, 0.6) is 0 Å². The first-order valence-electron chi connectivity index (χ1n) is 8.62. The average Bonchev–Trinajstić information content (AvgIpc) is 2.66. The maximum atomic E-state index is 13.3. The van der Waals surface area contributed by atoms with Gasteiger partial charge in [0, 0.05) is 19.0 Å². The van der Waals surface area contributed by atoms with Crippen LogP contribution in [0.25, 0.3) is 0 Å². The molecule has 2 aromatic carbocycles. The van der Waals surface area contributed by atoms with Crippen LogP contribution in [-0.4, -0.2) is 30.6 Å². The van der Waals surface area contributed by atoms with Crippen molar-refractivity contribution in [2.24, 2.45) is 10.7 Å². The molecule has 1 saturated heterocycles. The Morgan fingerprint density at radius 2 is 1.88 bits per heavy atom. The number of rotatable bonds is 4. The highest BCUT2D eigenvalue weighted by atomic mass is 19.3. The molecule has 4 nitrogen and oxygen atoms in total. The molecule has 1 heterocycles. The van der Waals surface area contributed by atoms with E-state index in [-0.39, 0.29) is 11.7 Å². The first-order chi connectivity index (χ1) is 12.4. The van der Waals surface area contributed by atoms with Crippen molar-refractivity contribution in [3.05, 3.63) is 71.3 Å². The van der Waals surface area contributed by atoms with E-state index in [2.05, 4.69) is 4.99 Å². The molecule has 0 saturated carbocycles. The van der Waals surface area contributed by atoms with E-state index < -0.39 is 5.92 Å². The Labute approximate surface area is 152 Å². The molecular weight excluding hydrogens is 336 g/mol. The van der Waals surface area contributed by atoms with Crippen LogP contribution in [0.3, 0.4) is 0 Å². The van der Waals surface area contributed by atoms with Crippen molar-refractivity contribution >= 4 is 5.96 Å². The van der Waals surface area contributed by atoms with E-state index in [9.17, 15) is 8.78 Å². The van der Waals surface area contributed by atoms with Gasteiger partial charge in [-0.25, -0.2) is 13.8 Å². The van der Waals surface area contributed by atoms with E-state index in [0.717, 1.165) is 18.1 Å². The van der Waals surface area contributed by atoms with Gasteiger partial charge in [0.1, 0.15) is 6.10 Å². The topological polar surface area (TPSA) is 50.8 Å². The van der Waals surface area contributed by atoms with Crippen LogP contribution in [0, 0.1) is 0 Å². The number of halogens is 2. The lowest BCUT2D eigenvalue weighted by atomic mass is 10.1. The van der Waals surface area contributed by atoms with E-state index in [1.807, 2.05) is 35.2 Å². The molecule has 2 aromatic rings. The zero-order chi connectivity index (χ0) is 18.6. The van der Waals surface area contributed by atoms with Crippen LogP contribution in [0.2, 0.25) is 0 Å². The number of hydrogen-bond acceptors (Lipinski definition) is 2. The van der Waals surface area contributed by atoms with Gasteiger partial charge < -0.3 is 15.4 Å². The fourth-order valence-electron chi connectivity index (χ4n) is 2.90. The summed E-state index contributed by atoms with van der Waals surface area (Å²) in [4.78, 5) is 6.41. The molecule has 0 bridgehead atoms. The molecular formula is C20H23F2N3O. The van der Waals surface area contributed by atoms with Gasteiger partial charge in [-0.1, -0.05) is 54.6 Å². The molecule has 1 aliphatic rings. The number of nitrogens with two attached hydrogens (primary N) is 1. The van der Waals surface area contributed by atoms with Crippen LogP contribution in [0.1, 0.15) is 29.7 Å². The third kappa shape index (κ3) is 4.58. The Balaban J connectivity index is 1.62. The highest BCUT2D eigenvalue weighted by Gasteiger charge is 2.24. The van der Waals surface area contributed by atoms with Gasteiger partial charge in [0.15, 0.2) is 5.96 Å². The molecule has 0 spiro atoms. The highest BCUT2D eigenvalue weighted by molar-refractivity contribution is 5.78. The summed E-state index contributed by atoms with van der Waals surface area (Å²) >= 11 is 0. The quantitative estimate of drug-likeness (QED) is 0.669. The summed E-state index contributed by atoms with van der Waals surface area (Å²) in [5, 5.41) is 0. The van der Waals surface area contributed by atoms with Gasteiger partial charge in [-0.2, -0.15) is 0 Å². The molecule has 1 fully saturated rings. The van der Waals surface area contributed by atoms with Crippen molar-refractivity contribution in [1.29, 1.82) is 0 Å². The zero-order valence-electron chi connectivity index (χ0n) is 14.7. The fraction of sp³-hybridized carbons (Fsp3) is 0.350. The Hall–Kier alpha value is -2.47. The predicted octanol–water partition coefficient (Wildman–Crippen LogP) is 3.69. The van der Waals surface area contributed by atoms with Gasteiger partial charge in [-0.15, -0.1) is 0 Å². The van der Waals surface area contributed by atoms with Crippen molar-refractivity contribution in [3.63, 3.8) is 0 Å². The molecule has 0 amide bonds. The minimum absolute atomic E-state index is 0.00270. The summed E-state index contributed by atoms with van der Waals surface area (Å²) in [6.07, 6.45) is -0.0373. The van der Waals surface area contributed by atoms with Crippen LogP contribution < -0.4 is 5.73 Å². The van der Waals surface area contributed by atoms with Gasteiger partial charge in [0.05, 0.1) is 19.7 Å². The second-order valence-electron chi connectivity index (χ2n) is 6.48. The van der Waals surface area contributed by atoms with Crippen LogP contribution in [0.4, 0.5) is 8.78 Å². The SMILES string of the molecule is CC(F)(F)c1ccc(CN=C(N)N2CCOC(c3ccccc3)C2)cc1. The van der Waals surface area contributed by atoms with Crippen molar-refractivity contribution in [2.45, 2.75) is 25.5 Å². The van der Waals surface area contributed by atoms with Gasteiger partial charge in [0.2, 0.25) is 0 Å². The third-order valence-electron chi connectivity index (χ3n) is 4.45. The number of hydrogen-bond donors (Lipinski definition) is 1. The van der Waals surface area contributed by atoms with Gasteiger partial charge in [-0.05, 0) is 11.1 Å². The van der Waals surface area contributed by atoms with Gasteiger partial charge >= 0.3 is 0 Å². The second kappa shape index (κ2) is 7.83. The van der Waals surface area contributed by atoms with E-state index >= 15 is 0 Å². The Kier molecular flexibility index (Phi) is 5.52. The maximum absolute atomic E-state index is 13.3. The summed E-state index contributed by atoms with van der Waals surface area (Å²) in [5.74, 6) is -2.39. The van der Waals surface area contributed by atoms with Crippen LogP contribution in [-0.2, 0) is 17.2 Å². The number of benzene rings is 2. The molecule has 1 atom stereocenters. The molecule has 0 radical (unpaired) electrons. The first kappa shape index (κ1) is 18.3. The molecule has 6 heteroatoms. The lowest BCUT2D eigenvalue weighted by Gasteiger charge is -2.33. The van der Waals surface area contributed by atoms with Crippen LogP contribution in [0.15, 0.2) is 59.6 Å². The van der Waals surface area contributed by atoms with E-state index in [1.165, 1.54) is 12.1 Å². The predicted molar refractivity (Wildman–Crippen MR) is 98.0 cm³/mol. The Morgan fingerprint density at radius 3 is 2.54 bits per heavy atom. The monoisotopic (exact) mass is 359 g/mol. The summed E-state index contributed by atoms with van der Waals surface area (Å²) in [6, 6.07) is 16.2. The lowest BCUT2D eigenvalue weighted by molar-refractivity contribution is -0.00735. The number of aliphatic imine (C=N–C) groups is 1. The number of alkyl halides is 2. The summed E-state index contributed by atoms with van der Waals surface area (Å²) in [7, 11) is 0. The van der Waals surface area contributed by atoms with Crippen molar-refractivity contribution < 1.29 is 13.5 Å². The second-order valence-corrected chi connectivity index (χ2v) is 6.48. The first-order valence-corrected chi connectivity index (χ1v) is 8.62.